The molecule has 0 aliphatic rings. The van der Waals surface area contributed by atoms with E-state index in [1.54, 1.807) is 6.92 Å². The molecule has 0 aliphatic heterocycles. The van der Waals surface area contributed by atoms with Gasteiger partial charge in [0, 0.05) is 0 Å². The Morgan fingerprint density at radius 2 is 2.46 bits per heavy atom. The number of thiophene rings is 1. The molecule has 0 saturated carbocycles. The quantitative estimate of drug-likeness (QED) is 0.713. The van der Waals surface area contributed by atoms with E-state index in [1.807, 2.05) is 18.4 Å². The Balaban J connectivity index is 2.71. The van der Waals surface area contributed by atoms with Crippen molar-refractivity contribution in [2.45, 2.75) is 19.9 Å². The average Bonchev–Trinajstić information content (AvgIpc) is 2.51. The number of amides is 1. The minimum atomic E-state index is -0.214. The fraction of sp³-hybridized carbons (Fsp3) is 0.300. The molecule has 1 amide bonds. The summed E-state index contributed by atoms with van der Waals surface area (Å²) in [6.07, 6.45) is 5.15. The molecule has 0 radical (unpaired) electrons. The van der Waals surface area contributed by atoms with Gasteiger partial charge in [0.2, 0.25) is 0 Å². The molecule has 0 spiro atoms. The molecule has 1 rings (SSSR count). The van der Waals surface area contributed by atoms with Crippen molar-refractivity contribution < 1.29 is 4.79 Å². The van der Waals surface area contributed by atoms with Crippen molar-refractivity contribution in [2.24, 2.45) is 0 Å². The molecule has 1 aromatic rings. The van der Waals surface area contributed by atoms with Crippen molar-refractivity contribution in [3.63, 3.8) is 0 Å². The highest BCUT2D eigenvalue weighted by Gasteiger charge is 2.11. The zero-order valence-corrected chi connectivity index (χ0v) is 8.44. The standard InChI is InChI=1S/C10H11NOS/c1-4-8(3)11-10(12)9-7(2)5-6-13-9/h1,5-6,8H,2-3H3,(H,11,12). The number of hydrogen-bond acceptors (Lipinski definition) is 2. The van der Waals surface area contributed by atoms with E-state index >= 15 is 0 Å². The number of carbonyl (C=O) groups is 1. The van der Waals surface area contributed by atoms with Gasteiger partial charge in [-0.05, 0) is 30.9 Å². The second-order valence-corrected chi connectivity index (χ2v) is 3.71. The lowest BCUT2D eigenvalue weighted by Gasteiger charge is -2.06. The van der Waals surface area contributed by atoms with Crippen molar-refractivity contribution in [3.05, 3.63) is 21.9 Å². The maximum Gasteiger partial charge on any atom is 0.262 e. The Bertz CT molecular complexity index is 348. The Morgan fingerprint density at radius 1 is 1.77 bits per heavy atom. The SMILES string of the molecule is C#CC(C)NC(=O)c1sccc1C. The Hall–Kier alpha value is -1.27. The molecular formula is C10H11NOS. The highest BCUT2D eigenvalue weighted by molar-refractivity contribution is 7.12. The number of hydrogen-bond donors (Lipinski definition) is 1. The second-order valence-electron chi connectivity index (χ2n) is 2.79. The van der Waals surface area contributed by atoms with Crippen LogP contribution in [0.25, 0.3) is 0 Å². The van der Waals surface area contributed by atoms with E-state index in [-0.39, 0.29) is 11.9 Å². The number of carbonyl (C=O) groups excluding carboxylic acids is 1. The predicted molar refractivity (Wildman–Crippen MR) is 54.8 cm³/mol. The van der Waals surface area contributed by atoms with Crippen LogP contribution in [-0.4, -0.2) is 11.9 Å². The summed E-state index contributed by atoms with van der Waals surface area (Å²) in [6.45, 7) is 3.69. The van der Waals surface area contributed by atoms with E-state index in [1.165, 1.54) is 11.3 Å². The molecule has 0 fully saturated rings. The van der Waals surface area contributed by atoms with Crippen LogP contribution in [0.5, 0.6) is 0 Å². The average molecular weight is 193 g/mol. The minimum Gasteiger partial charge on any atom is -0.338 e. The highest BCUT2D eigenvalue weighted by Crippen LogP contribution is 2.14. The smallest absolute Gasteiger partial charge is 0.262 e. The third-order valence-electron chi connectivity index (χ3n) is 1.67. The fourth-order valence-electron chi connectivity index (χ4n) is 0.909. The monoisotopic (exact) mass is 193 g/mol. The molecule has 1 unspecified atom stereocenters. The van der Waals surface area contributed by atoms with Gasteiger partial charge in [0.15, 0.2) is 0 Å². The van der Waals surface area contributed by atoms with Crippen molar-refractivity contribution >= 4 is 17.2 Å². The molecule has 0 aromatic carbocycles. The third kappa shape index (κ3) is 2.33. The van der Waals surface area contributed by atoms with E-state index in [0.29, 0.717) is 0 Å². The molecule has 1 N–H and O–H groups in total. The lowest BCUT2D eigenvalue weighted by atomic mass is 10.2. The van der Waals surface area contributed by atoms with E-state index in [2.05, 4.69) is 11.2 Å². The zero-order valence-electron chi connectivity index (χ0n) is 7.63. The molecule has 2 nitrogen and oxygen atoms in total. The van der Waals surface area contributed by atoms with Crippen LogP contribution in [0.4, 0.5) is 0 Å². The van der Waals surface area contributed by atoms with Gasteiger partial charge in [-0.1, -0.05) is 5.92 Å². The normalized spacial score (nSPS) is 11.8. The fourth-order valence-corrected chi connectivity index (χ4v) is 1.74. The summed E-state index contributed by atoms with van der Waals surface area (Å²) in [5.74, 6) is 2.36. The third-order valence-corrected chi connectivity index (χ3v) is 2.68. The first-order chi connectivity index (χ1) is 6.15. The van der Waals surface area contributed by atoms with Crippen LogP contribution in [0, 0.1) is 19.3 Å². The van der Waals surface area contributed by atoms with Gasteiger partial charge < -0.3 is 5.32 Å². The van der Waals surface area contributed by atoms with Gasteiger partial charge in [-0.3, -0.25) is 4.79 Å². The van der Waals surface area contributed by atoms with Gasteiger partial charge in [0.25, 0.3) is 5.91 Å². The van der Waals surface area contributed by atoms with Gasteiger partial charge >= 0.3 is 0 Å². The van der Waals surface area contributed by atoms with Gasteiger partial charge in [0.1, 0.15) is 0 Å². The lowest BCUT2D eigenvalue weighted by Crippen LogP contribution is -2.31. The van der Waals surface area contributed by atoms with E-state index in [0.717, 1.165) is 10.4 Å². The van der Waals surface area contributed by atoms with Crippen LogP contribution in [0.3, 0.4) is 0 Å². The first-order valence-electron chi connectivity index (χ1n) is 3.96. The molecule has 0 saturated heterocycles. The van der Waals surface area contributed by atoms with Gasteiger partial charge in [-0.15, -0.1) is 17.8 Å². The largest absolute Gasteiger partial charge is 0.338 e. The van der Waals surface area contributed by atoms with Crippen LogP contribution in [0.1, 0.15) is 22.2 Å². The molecule has 68 valence electrons. The van der Waals surface area contributed by atoms with Crippen molar-refractivity contribution in [3.8, 4) is 12.3 Å². The molecule has 1 heterocycles. The summed E-state index contributed by atoms with van der Waals surface area (Å²) >= 11 is 1.43. The van der Waals surface area contributed by atoms with Crippen molar-refractivity contribution in [2.75, 3.05) is 0 Å². The number of nitrogens with one attached hydrogen (secondary N) is 1. The van der Waals surface area contributed by atoms with Crippen LogP contribution in [0.15, 0.2) is 11.4 Å². The molecule has 1 atom stereocenters. The number of aryl methyl sites for hydroxylation is 1. The molecular weight excluding hydrogens is 182 g/mol. The van der Waals surface area contributed by atoms with E-state index in [9.17, 15) is 4.79 Å². The van der Waals surface area contributed by atoms with Crippen LogP contribution >= 0.6 is 11.3 Å². The molecule has 13 heavy (non-hydrogen) atoms. The first-order valence-corrected chi connectivity index (χ1v) is 4.84. The molecule has 1 aromatic heterocycles. The summed E-state index contributed by atoms with van der Waals surface area (Å²) in [5.41, 5.74) is 0.992. The topological polar surface area (TPSA) is 29.1 Å². The summed E-state index contributed by atoms with van der Waals surface area (Å²) < 4.78 is 0. The highest BCUT2D eigenvalue weighted by atomic mass is 32.1. The Morgan fingerprint density at radius 3 is 2.92 bits per heavy atom. The van der Waals surface area contributed by atoms with Crippen LogP contribution in [-0.2, 0) is 0 Å². The van der Waals surface area contributed by atoms with E-state index < -0.39 is 0 Å². The number of rotatable bonds is 2. The Labute approximate surface area is 82.0 Å². The lowest BCUT2D eigenvalue weighted by molar-refractivity contribution is 0.0951. The van der Waals surface area contributed by atoms with Gasteiger partial charge in [-0.2, -0.15) is 0 Å². The van der Waals surface area contributed by atoms with Crippen molar-refractivity contribution in [1.29, 1.82) is 0 Å². The van der Waals surface area contributed by atoms with Crippen molar-refractivity contribution in [1.82, 2.24) is 5.32 Å². The maximum absolute atomic E-state index is 11.5. The zero-order chi connectivity index (χ0) is 9.84. The number of terminal acetylenes is 1. The second kappa shape index (κ2) is 4.11. The maximum atomic E-state index is 11.5. The van der Waals surface area contributed by atoms with Crippen LogP contribution < -0.4 is 5.32 Å². The Kier molecular flexibility index (Phi) is 3.10. The first kappa shape index (κ1) is 9.82. The summed E-state index contributed by atoms with van der Waals surface area (Å²) in [4.78, 5) is 12.2. The molecule has 3 heteroatoms. The van der Waals surface area contributed by atoms with Gasteiger partial charge in [-0.25, -0.2) is 0 Å². The van der Waals surface area contributed by atoms with Gasteiger partial charge in [0.05, 0.1) is 10.9 Å². The minimum absolute atomic E-state index is 0.0852. The van der Waals surface area contributed by atoms with Crippen LogP contribution in [0.2, 0.25) is 0 Å². The summed E-state index contributed by atoms with van der Waals surface area (Å²) in [6, 6.07) is 1.70. The van der Waals surface area contributed by atoms with E-state index in [4.69, 9.17) is 6.42 Å². The molecule has 0 bridgehead atoms. The summed E-state index contributed by atoms with van der Waals surface area (Å²) in [5, 5.41) is 4.60. The molecule has 0 aliphatic carbocycles. The predicted octanol–water partition coefficient (Wildman–Crippen LogP) is 1.81. The summed E-state index contributed by atoms with van der Waals surface area (Å²) in [7, 11) is 0.